The maximum atomic E-state index is 15.0. The van der Waals surface area contributed by atoms with E-state index in [-0.39, 0.29) is 18.0 Å². The molecule has 5 rings (SSSR count). The van der Waals surface area contributed by atoms with Crippen LogP contribution in [0.2, 0.25) is 0 Å². The van der Waals surface area contributed by atoms with E-state index in [4.69, 9.17) is 21.7 Å². The molecule has 0 bridgehead atoms. The van der Waals surface area contributed by atoms with Crippen molar-refractivity contribution in [1.29, 1.82) is 0 Å². The van der Waals surface area contributed by atoms with Gasteiger partial charge in [0.25, 0.3) is 0 Å². The second-order valence-electron chi connectivity index (χ2n) is 7.98. The molecule has 1 aromatic rings. The summed E-state index contributed by atoms with van der Waals surface area (Å²) >= 11 is 7.39. The number of carbonyl (C=O) groups excluding carboxylic acids is 1. The Labute approximate surface area is 184 Å². The Morgan fingerprint density at radius 2 is 2.13 bits per heavy atom. The molecule has 0 saturated carbocycles. The molecule has 1 aromatic carbocycles. The predicted octanol–water partition coefficient (Wildman–Crippen LogP) is 2.44. The maximum Gasteiger partial charge on any atom is 0.414 e. The highest BCUT2D eigenvalue weighted by Gasteiger charge is 2.37. The molecule has 30 heavy (non-hydrogen) atoms. The van der Waals surface area contributed by atoms with Crippen molar-refractivity contribution in [3.05, 3.63) is 17.9 Å². The topological polar surface area (TPSA) is 57.3 Å². The smallest absolute Gasteiger partial charge is 0.414 e. The third-order valence-electron chi connectivity index (χ3n) is 6.07. The average molecular weight is 453 g/mol. The molecule has 4 heterocycles. The van der Waals surface area contributed by atoms with Gasteiger partial charge in [-0.05, 0) is 25.1 Å². The van der Waals surface area contributed by atoms with Gasteiger partial charge in [0, 0.05) is 43.3 Å². The van der Waals surface area contributed by atoms with E-state index in [0.717, 1.165) is 44.0 Å². The van der Waals surface area contributed by atoms with Crippen LogP contribution in [-0.2, 0) is 4.74 Å². The molecular formula is C20H25FN4O3S2. The molecule has 0 unspecified atom stereocenters. The minimum Gasteiger partial charge on any atom is -0.489 e. The molecule has 4 aliphatic heterocycles. The summed E-state index contributed by atoms with van der Waals surface area (Å²) in [6.45, 7) is 4.03. The van der Waals surface area contributed by atoms with E-state index in [1.165, 1.54) is 11.0 Å². The summed E-state index contributed by atoms with van der Waals surface area (Å²) in [6.07, 6.45) is 1.24. The van der Waals surface area contributed by atoms with E-state index in [0.29, 0.717) is 41.9 Å². The third-order valence-corrected chi connectivity index (χ3v) is 7.42. The molecule has 0 spiro atoms. The lowest BCUT2D eigenvalue weighted by Crippen LogP contribution is -2.46. The van der Waals surface area contributed by atoms with Crippen LogP contribution in [0.3, 0.4) is 0 Å². The summed E-state index contributed by atoms with van der Waals surface area (Å²) in [4.78, 5) is 18.1. The van der Waals surface area contributed by atoms with Crippen LogP contribution >= 0.6 is 24.0 Å². The summed E-state index contributed by atoms with van der Waals surface area (Å²) in [5.41, 5.74) is 0.982. The first-order valence-corrected chi connectivity index (χ1v) is 12.0. The molecule has 7 nitrogen and oxygen atoms in total. The molecule has 0 aromatic heterocycles. The van der Waals surface area contributed by atoms with Crippen molar-refractivity contribution in [2.24, 2.45) is 0 Å². The first-order chi connectivity index (χ1) is 14.6. The average Bonchev–Trinajstić information content (AvgIpc) is 3.38. The Bertz CT molecular complexity index is 852. The number of nitrogens with zero attached hydrogens (tertiary/aromatic N) is 3. The maximum absolute atomic E-state index is 15.0. The molecule has 3 saturated heterocycles. The van der Waals surface area contributed by atoms with Crippen LogP contribution in [0.25, 0.3) is 0 Å². The lowest BCUT2D eigenvalue weighted by atomic mass is 10.1. The molecule has 3 fully saturated rings. The van der Waals surface area contributed by atoms with Crippen molar-refractivity contribution >= 4 is 46.6 Å². The number of amides is 1. The molecule has 0 aliphatic carbocycles. The Morgan fingerprint density at radius 3 is 2.97 bits per heavy atom. The number of thioether (sulfide) groups is 1. The van der Waals surface area contributed by atoms with Crippen molar-refractivity contribution in [2.75, 3.05) is 60.6 Å². The largest absolute Gasteiger partial charge is 0.489 e. The quantitative estimate of drug-likeness (QED) is 0.702. The number of rotatable bonds is 3. The summed E-state index contributed by atoms with van der Waals surface area (Å²) in [5, 5.41) is 3.90. The van der Waals surface area contributed by atoms with Crippen molar-refractivity contribution in [3.63, 3.8) is 0 Å². The number of halogens is 1. The van der Waals surface area contributed by atoms with Crippen LogP contribution in [-0.4, -0.2) is 79.1 Å². The van der Waals surface area contributed by atoms with Gasteiger partial charge < -0.3 is 24.6 Å². The predicted molar refractivity (Wildman–Crippen MR) is 119 cm³/mol. The van der Waals surface area contributed by atoms with Crippen molar-refractivity contribution in [3.8, 4) is 5.75 Å². The number of nitrogens with one attached hydrogen (secondary N) is 1. The van der Waals surface area contributed by atoms with E-state index < -0.39 is 6.09 Å². The lowest BCUT2D eigenvalue weighted by molar-refractivity contribution is 0.142. The molecule has 1 amide bonds. The number of ether oxygens (including phenoxy) is 2. The summed E-state index contributed by atoms with van der Waals surface area (Å²) in [6, 6.07) is 3.41. The number of anilines is 2. The van der Waals surface area contributed by atoms with Gasteiger partial charge in [-0.3, -0.25) is 4.90 Å². The minimum atomic E-state index is -0.476. The van der Waals surface area contributed by atoms with Gasteiger partial charge in [0.05, 0.1) is 24.8 Å². The number of hydrogen-bond acceptors (Lipinski definition) is 6. The number of cyclic esters (lactones) is 1. The van der Waals surface area contributed by atoms with Gasteiger partial charge in [0.15, 0.2) is 10.9 Å². The highest BCUT2D eigenvalue weighted by Crippen LogP contribution is 2.42. The highest BCUT2D eigenvalue weighted by molar-refractivity contribution is 7.99. The van der Waals surface area contributed by atoms with Gasteiger partial charge >= 0.3 is 6.09 Å². The van der Waals surface area contributed by atoms with Crippen LogP contribution in [0.5, 0.6) is 5.75 Å². The zero-order chi connectivity index (χ0) is 20.7. The summed E-state index contributed by atoms with van der Waals surface area (Å²) < 4.78 is 26.3. The number of benzene rings is 1. The Morgan fingerprint density at radius 1 is 1.30 bits per heavy atom. The normalized spacial score (nSPS) is 25.5. The number of thiocarbonyl (C=S) groups is 1. The standard InChI is InChI=1S/C20H25FN4O3S2/c21-16-8-14(9-17-18(16)24-3-1-2-13(24)12-27-17)25-11-15(28-20(25)26)10-22-19(29)23-4-6-30-7-5-23/h8-9,13,15H,1-7,10-12H2,(H,22,29)/t13-,15-/m0/s1. The van der Waals surface area contributed by atoms with Crippen molar-refractivity contribution in [2.45, 2.75) is 25.0 Å². The fraction of sp³-hybridized carbons (Fsp3) is 0.600. The summed E-state index contributed by atoms with van der Waals surface area (Å²) in [7, 11) is 0. The first kappa shape index (κ1) is 20.0. The van der Waals surface area contributed by atoms with Gasteiger partial charge in [-0.15, -0.1) is 0 Å². The van der Waals surface area contributed by atoms with E-state index >= 15 is 0 Å². The van der Waals surface area contributed by atoms with E-state index in [9.17, 15) is 9.18 Å². The zero-order valence-corrected chi connectivity index (χ0v) is 18.3. The third kappa shape index (κ3) is 3.75. The summed E-state index contributed by atoms with van der Waals surface area (Å²) in [5.74, 6) is 2.28. The van der Waals surface area contributed by atoms with E-state index in [2.05, 4.69) is 15.1 Å². The van der Waals surface area contributed by atoms with Gasteiger partial charge in [-0.2, -0.15) is 11.8 Å². The SMILES string of the molecule is O=C1O[C@@H](CNC(=S)N2CCSCC2)CN1c1cc(F)c2c(c1)OC[C@@H]1CCCN21. The lowest BCUT2D eigenvalue weighted by Gasteiger charge is -2.34. The number of fused-ring (bicyclic) bond motifs is 3. The molecule has 0 radical (unpaired) electrons. The first-order valence-electron chi connectivity index (χ1n) is 10.4. The van der Waals surface area contributed by atoms with Crippen LogP contribution < -0.4 is 19.9 Å². The van der Waals surface area contributed by atoms with E-state index in [1.807, 2.05) is 11.8 Å². The van der Waals surface area contributed by atoms with Crippen LogP contribution in [0.4, 0.5) is 20.6 Å². The Balaban J connectivity index is 1.25. The molecule has 2 atom stereocenters. The van der Waals surface area contributed by atoms with Gasteiger partial charge in [0.2, 0.25) is 0 Å². The number of carbonyl (C=O) groups is 1. The van der Waals surface area contributed by atoms with Gasteiger partial charge in [-0.25, -0.2) is 9.18 Å². The highest BCUT2D eigenvalue weighted by atomic mass is 32.2. The molecular weight excluding hydrogens is 427 g/mol. The second-order valence-corrected chi connectivity index (χ2v) is 9.59. The Hall–Kier alpha value is -1.94. The second kappa shape index (κ2) is 8.30. The van der Waals surface area contributed by atoms with Crippen LogP contribution in [0.15, 0.2) is 12.1 Å². The van der Waals surface area contributed by atoms with Crippen LogP contribution in [0.1, 0.15) is 12.8 Å². The minimum absolute atomic E-state index is 0.243. The van der Waals surface area contributed by atoms with Crippen molar-refractivity contribution in [1.82, 2.24) is 10.2 Å². The molecule has 1 N–H and O–H groups in total. The molecule has 10 heteroatoms. The molecule has 162 valence electrons. The molecule has 4 aliphatic rings. The van der Waals surface area contributed by atoms with Crippen molar-refractivity contribution < 1.29 is 18.7 Å². The van der Waals surface area contributed by atoms with Crippen LogP contribution in [0, 0.1) is 5.82 Å². The fourth-order valence-corrected chi connectivity index (χ4v) is 5.68. The van der Waals surface area contributed by atoms with Gasteiger partial charge in [-0.1, -0.05) is 0 Å². The number of hydrogen-bond donors (Lipinski definition) is 1. The fourth-order valence-electron chi connectivity index (χ4n) is 4.51. The monoisotopic (exact) mass is 452 g/mol. The van der Waals surface area contributed by atoms with E-state index in [1.54, 1.807) is 6.07 Å². The zero-order valence-electron chi connectivity index (χ0n) is 16.6. The van der Waals surface area contributed by atoms with Gasteiger partial charge in [0.1, 0.15) is 24.1 Å². The Kier molecular flexibility index (Phi) is 5.53.